The van der Waals surface area contributed by atoms with Crippen LogP contribution in [0.4, 0.5) is 13.2 Å². The van der Waals surface area contributed by atoms with Crippen LogP contribution in [0.15, 0.2) is 30.3 Å². The molecule has 0 saturated carbocycles. The van der Waals surface area contributed by atoms with Crippen LogP contribution in [0.3, 0.4) is 0 Å². The second-order valence-corrected chi connectivity index (χ2v) is 4.73. The largest absolute Gasteiger partial charge is 0.478 e. The van der Waals surface area contributed by atoms with Crippen molar-refractivity contribution < 1.29 is 17.9 Å². The summed E-state index contributed by atoms with van der Waals surface area (Å²) in [4.78, 5) is 4.32. The predicted molar refractivity (Wildman–Crippen MR) is 75.3 cm³/mol. The van der Waals surface area contributed by atoms with Gasteiger partial charge in [0.1, 0.15) is 0 Å². The number of para-hydroxylation sites is 1. The lowest BCUT2D eigenvalue weighted by Crippen LogP contribution is -2.10. The van der Waals surface area contributed by atoms with Crippen molar-refractivity contribution in [3.8, 4) is 5.88 Å². The summed E-state index contributed by atoms with van der Waals surface area (Å²) < 4.78 is 41.6. The van der Waals surface area contributed by atoms with E-state index in [2.05, 4.69) is 10.3 Å². The number of hydrogen-bond donors (Lipinski definition) is 1. The molecule has 1 heterocycles. The first kappa shape index (κ1) is 15.6. The average molecular weight is 298 g/mol. The van der Waals surface area contributed by atoms with Crippen LogP contribution in [0, 0.1) is 0 Å². The van der Waals surface area contributed by atoms with Crippen molar-refractivity contribution in [3.63, 3.8) is 0 Å². The molecule has 0 aliphatic carbocycles. The molecular weight excluding hydrogens is 281 g/mol. The maximum absolute atomic E-state index is 12.1. The zero-order valence-electron chi connectivity index (χ0n) is 11.7. The first-order valence-corrected chi connectivity index (χ1v) is 6.72. The maximum Gasteiger partial charge on any atom is 0.389 e. The van der Waals surface area contributed by atoms with Crippen LogP contribution in [-0.4, -0.2) is 24.8 Å². The number of nitrogens with one attached hydrogen (secondary N) is 1. The molecule has 0 aliphatic rings. The normalized spacial score (nSPS) is 11.8. The molecule has 0 amide bonds. The third-order valence-corrected chi connectivity index (χ3v) is 3.00. The predicted octanol–water partition coefficient (Wildman–Crippen LogP) is 3.68. The number of nitrogens with zero attached hydrogens (tertiary/aromatic N) is 1. The Balaban J connectivity index is 2.09. The molecule has 114 valence electrons. The minimum Gasteiger partial charge on any atom is -0.478 e. The van der Waals surface area contributed by atoms with E-state index in [0.717, 1.165) is 16.5 Å². The highest BCUT2D eigenvalue weighted by Gasteiger charge is 2.26. The van der Waals surface area contributed by atoms with E-state index >= 15 is 0 Å². The summed E-state index contributed by atoms with van der Waals surface area (Å²) in [7, 11) is 1.83. The van der Waals surface area contributed by atoms with Gasteiger partial charge in [-0.15, -0.1) is 0 Å². The maximum atomic E-state index is 12.1. The Hall–Kier alpha value is -1.82. The fourth-order valence-corrected chi connectivity index (χ4v) is 2.08. The average Bonchev–Trinajstić information content (AvgIpc) is 2.43. The Kier molecular flexibility index (Phi) is 5.01. The highest BCUT2D eigenvalue weighted by Crippen LogP contribution is 2.24. The Morgan fingerprint density at radius 2 is 2.00 bits per heavy atom. The SMILES string of the molecule is CNCc1cc(OCCCC(F)(F)F)nc2ccccc12. The van der Waals surface area contributed by atoms with Crippen molar-refractivity contribution in [2.45, 2.75) is 25.6 Å². The number of ether oxygens (including phenoxy) is 1. The third kappa shape index (κ3) is 4.60. The third-order valence-electron chi connectivity index (χ3n) is 3.00. The molecule has 2 aromatic rings. The van der Waals surface area contributed by atoms with Crippen molar-refractivity contribution >= 4 is 10.9 Å². The monoisotopic (exact) mass is 298 g/mol. The first-order chi connectivity index (χ1) is 9.99. The molecule has 1 N–H and O–H groups in total. The molecule has 2 rings (SSSR count). The van der Waals surface area contributed by atoms with Crippen molar-refractivity contribution in [2.24, 2.45) is 0 Å². The summed E-state index contributed by atoms with van der Waals surface area (Å²) in [5.41, 5.74) is 1.78. The van der Waals surface area contributed by atoms with Crippen molar-refractivity contribution in [3.05, 3.63) is 35.9 Å². The number of rotatable bonds is 6. The highest BCUT2D eigenvalue weighted by molar-refractivity contribution is 5.82. The molecule has 0 fully saturated rings. The zero-order chi connectivity index (χ0) is 15.3. The van der Waals surface area contributed by atoms with Gasteiger partial charge in [-0.05, 0) is 25.1 Å². The van der Waals surface area contributed by atoms with Crippen LogP contribution >= 0.6 is 0 Å². The van der Waals surface area contributed by atoms with Gasteiger partial charge in [-0.3, -0.25) is 0 Å². The van der Waals surface area contributed by atoms with Gasteiger partial charge >= 0.3 is 6.18 Å². The van der Waals surface area contributed by atoms with Gasteiger partial charge in [-0.2, -0.15) is 13.2 Å². The van der Waals surface area contributed by atoms with Crippen LogP contribution in [0.1, 0.15) is 18.4 Å². The topological polar surface area (TPSA) is 34.1 Å². The number of halogens is 3. The fourth-order valence-electron chi connectivity index (χ4n) is 2.08. The minimum absolute atomic E-state index is 0.00381. The zero-order valence-corrected chi connectivity index (χ0v) is 11.7. The van der Waals surface area contributed by atoms with E-state index in [0.29, 0.717) is 12.4 Å². The Labute approximate surface area is 121 Å². The van der Waals surface area contributed by atoms with E-state index in [-0.39, 0.29) is 13.0 Å². The van der Waals surface area contributed by atoms with Gasteiger partial charge in [0.2, 0.25) is 5.88 Å². The first-order valence-electron chi connectivity index (χ1n) is 6.72. The van der Waals surface area contributed by atoms with Crippen LogP contribution in [0.2, 0.25) is 0 Å². The van der Waals surface area contributed by atoms with Crippen LogP contribution in [-0.2, 0) is 6.54 Å². The molecule has 21 heavy (non-hydrogen) atoms. The second-order valence-electron chi connectivity index (χ2n) is 4.73. The van der Waals surface area contributed by atoms with Crippen molar-refractivity contribution in [1.82, 2.24) is 10.3 Å². The molecule has 0 unspecified atom stereocenters. The molecule has 0 spiro atoms. The van der Waals surface area contributed by atoms with E-state index < -0.39 is 12.6 Å². The number of aromatic nitrogens is 1. The van der Waals surface area contributed by atoms with Gasteiger partial charge in [0.05, 0.1) is 12.1 Å². The summed E-state index contributed by atoms with van der Waals surface area (Å²) in [6.45, 7) is 0.645. The van der Waals surface area contributed by atoms with Gasteiger partial charge in [0.15, 0.2) is 0 Å². The molecule has 0 atom stereocenters. The number of alkyl halides is 3. The van der Waals surface area contributed by atoms with Gasteiger partial charge in [-0.1, -0.05) is 18.2 Å². The molecular formula is C15H17F3N2O. The lowest BCUT2D eigenvalue weighted by molar-refractivity contribution is -0.136. The lowest BCUT2D eigenvalue weighted by Gasteiger charge is -2.11. The lowest BCUT2D eigenvalue weighted by atomic mass is 10.1. The molecule has 1 aromatic carbocycles. The molecule has 0 saturated heterocycles. The summed E-state index contributed by atoms with van der Waals surface area (Å²) in [5.74, 6) is 0.362. The van der Waals surface area contributed by atoms with E-state index in [1.54, 1.807) is 6.07 Å². The molecule has 0 radical (unpaired) electrons. The number of benzene rings is 1. The number of fused-ring (bicyclic) bond motifs is 1. The molecule has 6 heteroatoms. The number of hydrogen-bond acceptors (Lipinski definition) is 3. The van der Waals surface area contributed by atoms with Gasteiger partial charge < -0.3 is 10.1 Å². The summed E-state index contributed by atoms with van der Waals surface area (Å²) in [6.07, 6.45) is -5.05. The van der Waals surface area contributed by atoms with Crippen molar-refractivity contribution in [2.75, 3.05) is 13.7 Å². The highest BCUT2D eigenvalue weighted by atomic mass is 19.4. The molecule has 3 nitrogen and oxygen atoms in total. The Morgan fingerprint density at radius 1 is 1.24 bits per heavy atom. The molecule has 1 aromatic heterocycles. The Morgan fingerprint density at radius 3 is 2.71 bits per heavy atom. The summed E-state index contributed by atoms with van der Waals surface area (Å²) in [6, 6.07) is 9.38. The summed E-state index contributed by atoms with van der Waals surface area (Å²) >= 11 is 0. The standard InChI is InChI=1S/C15H17F3N2O/c1-19-10-11-9-14(21-8-4-7-15(16,17)18)20-13-6-3-2-5-12(11)13/h2-3,5-6,9,19H,4,7-8,10H2,1H3. The van der Waals surface area contributed by atoms with Gasteiger partial charge in [0, 0.05) is 24.4 Å². The van der Waals surface area contributed by atoms with Crippen LogP contribution in [0.5, 0.6) is 5.88 Å². The number of pyridine rings is 1. The van der Waals surface area contributed by atoms with Gasteiger partial charge in [-0.25, -0.2) is 4.98 Å². The van der Waals surface area contributed by atoms with E-state index in [4.69, 9.17) is 4.74 Å². The van der Waals surface area contributed by atoms with Gasteiger partial charge in [0.25, 0.3) is 0 Å². The van der Waals surface area contributed by atoms with E-state index in [1.807, 2.05) is 31.3 Å². The molecule has 0 aliphatic heterocycles. The Bertz CT molecular complexity index is 599. The minimum atomic E-state index is -4.14. The molecule has 0 bridgehead atoms. The second kappa shape index (κ2) is 6.76. The summed E-state index contributed by atoms with van der Waals surface area (Å²) in [5, 5.41) is 4.07. The van der Waals surface area contributed by atoms with Crippen LogP contribution in [0.25, 0.3) is 10.9 Å². The fraction of sp³-hybridized carbons (Fsp3) is 0.400. The smallest absolute Gasteiger partial charge is 0.389 e. The van der Waals surface area contributed by atoms with Crippen LogP contribution < -0.4 is 10.1 Å². The quantitative estimate of drug-likeness (QED) is 0.826. The van der Waals surface area contributed by atoms with Crippen molar-refractivity contribution in [1.29, 1.82) is 0 Å². The van der Waals surface area contributed by atoms with E-state index in [1.165, 1.54) is 0 Å². The van der Waals surface area contributed by atoms with E-state index in [9.17, 15) is 13.2 Å².